The molecule has 5 heteroatoms. The first-order valence-electron chi connectivity index (χ1n) is 11.9. The number of fused-ring (bicyclic) bond motifs is 2. The van der Waals surface area contributed by atoms with Crippen molar-refractivity contribution in [2.45, 2.75) is 20.3 Å². The lowest BCUT2D eigenvalue weighted by Gasteiger charge is -2.20. The normalized spacial score (nSPS) is 11.8. The van der Waals surface area contributed by atoms with Gasteiger partial charge in [0, 0.05) is 31.4 Å². The number of rotatable bonds is 7. The van der Waals surface area contributed by atoms with Gasteiger partial charge in [-0.05, 0) is 68.3 Å². The fourth-order valence-electron chi connectivity index (χ4n) is 4.13. The first-order chi connectivity index (χ1) is 17.0. The van der Waals surface area contributed by atoms with Gasteiger partial charge >= 0.3 is 0 Å². The van der Waals surface area contributed by atoms with Crippen molar-refractivity contribution in [3.05, 3.63) is 101 Å². The van der Waals surface area contributed by atoms with E-state index in [0.717, 1.165) is 58.0 Å². The van der Waals surface area contributed by atoms with E-state index in [4.69, 9.17) is 14.1 Å². The number of aromatic nitrogens is 1. The number of para-hydroxylation sites is 1. The molecule has 1 aliphatic heterocycles. The average molecular weight is 464 g/mol. The van der Waals surface area contributed by atoms with E-state index in [1.54, 1.807) is 0 Å². The first-order valence-corrected chi connectivity index (χ1v) is 11.9. The van der Waals surface area contributed by atoms with E-state index in [2.05, 4.69) is 55.1 Å². The van der Waals surface area contributed by atoms with E-state index >= 15 is 0 Å². The van der Waals surface area contributed by atoms with Gasteiger partial charge < -0.3 is 14.1 Å². The second-order valence-electron chi connectivity index (χ2n) is 8.86. The molecule has 0 saturated carbocycles. The van der Waals surface area contributed by atoms with Crippen LogP contribution in [0.5, 0.6) is 5.75 Å². The zero-order valence-corrected chi connectivity index (χ0v) is 20.4. The fourth-order valence-corrected chi connectivity index (χ4v) is 4.13. The minimum absolute atomic E-state index is 0.673. The highest BCUT2D eigenvalue weighted by atomic mass is 16.5. The molecule has 1 aliphatic carbocycles. The van der Waals surface area contributed by atoms with Crippen LogP contribution in [0.15, 0.2) is 94.3 Å². The molecule has 0 atom stereocenters. The lowest BCUT2D eigenvalue weighted by atomic mass is 10.1. The van der Waals surface area contributed by atoms with Gasteiger partial charge in [-0.3, -0.25) is 0 Å². The molecular formula is C30H29N3O2. The Morgan fingerprint density at radius 3 is 2.60 bits per heavy atom. The second-order valence-corrected chi connectivity index (χ2v) is 8.86. The van der Waals surface area contributed by atoms with Gasteiger partial charge in [-0.1, -0.05) is 35.9 Å². The molecular weight excluding hydrogens is 434 g/mol. The Labute approximate surface area is 205 Å². The molecule has 0 saturated heterocycles. The van der Waals surface area contributed by atoms with E-state index in [1.165, 1.54) is 11.1 Å². The minimum atomic E-state index is 0.673. The minimum Gasteiger partial charge on any atom is -0.493 e. The largest absolute Gasteiger partial charge is 0.493 e. The van der Waals surface area contributed by atoms with Gasteiger partial charge in [0.1, 0.15) is 17.0 Å². The van der Waals surface area contributed by atoms with Crippen molar-refractivity contribution >= 4 is 22.5 Å². The molecule has 0 fully saturated rings. The second kappa shape index (κ2) is 10.0. The smallest absolute Gasteiger partial charge is 0.155 e. The zero-order chi connectivity index (χ0) is 24.2. The van der Waals surface area contributed by atoms with Crippen LogP contribution in [0.25, 0.3) is 22.6 Å². The van der Waals surface area contributed by atoms with E-state index in [0.29, 0.717) is 6.61 Å². The van der Waals surface area contributed by atoms with Crippen molar-refractivity contribution in [1.29, 1.82) is 0 Å². The van der Waals surface area contributed by atoms with Gasteiger partial charge in [0.15, 0.2) is 11.3 Å². The predicted molar refractivity (Wildman–Crippen MR) is 142 cm³/mol. The Bertz CT molecular complexity index is 1490. The summed E-state index contributed by atoms with van der Waals surface area (Å²) in [5.74, 6) is 1.68. The van der Waals surface area contributed by atoms with Crippen LogP contribution in [-0.4, -0.2) is 25.2 Å². The number of nitrogens with zero attached hydrogens (tertiary/aromatic N) is 3. The van der Waals surface area contributed by atoms with Gasteiger partial charge in [-0.25, -0.2) is 9.98 Å². The molecule has 3 aromatic rings. The molecule has 5 rings (SSSR count). The summed E-state index contributed by atoms with van der Waals surface area (Å²) in [6.45, 7) is 5.73. The molecule has 176 valence electrons. The van der Waals surface area contributed by atoms with Crippen molar-refractivity contribution in [3.8, 4) is 17.2 Å². The topological polar surface area (TPSA) is 50.9 Å². The average Bonchev–Trinajstić information content (AvgIpc) is 2.86. The van der Waals surface area contributed by atoms with E-state index in [9.17, 15) is 0 Å². The van der Waals surface area contributed by atoms with Crippen molar-refractivity contribution in [2.24, 2.45) is 4.99 Å². The molecule has 0 radical (unpaired) electrons. The SMILES string of the molecule is Cc1ccc(OCCCN(C)c2ccc3nc4ccc(=Nc5ccccc5)cc-4oc3c2)c(C)c1. The predicted octanol–water partition coefficient (Wildman–Crippen LogP) is 6.69. The molecule has 0 N–H and O–H groups in total. The molecule has 0 amide bonds. The number of hydrogen-bond acceptors (Lipinski definition) is 5. The Morgan fingerprint density at radius 2 is 1.77 bits per heavy atom. The Morgan fingerprint density at radius 1 is 0.914 bits per heavy atom. The molecule has 0 aromatic heterocycles. The summed E-state index contributed by atoms with van der Waals surface area (Å²) in [6.07, 6.45) is 0.916. The fraction of sp³-hybridized carbons (Fsp3) is 0.200. The number of ether oxygens (including phenoxy) is 1. The van der Waals surface area contributed by atoms with Crippen molar-refractivity contribution in [3.63, 3.8) is 0 Å². The number of hydrogen-bond donors (Lipinski definition) is 0. The van der Waals surface area contributed by atoms with Gasteiger partial charge in [0.05, 0.1) is 17.7 Å². The summed E-state index contributed by atoms with van der Waals surface area (Å²) < 4.78 is 12.2. The van der Waals surface area contributed by atoms with Crippen molar-refractivity contribution in [1.82, 2.24) is 4.98 Å². The van der Waals surface area contributed by atoms with Crippen LogP contribution in [0.1, 0.15) is 17.5 Å². The molecule has 5 nitrogen and oxygen atoms in total. The highest BCUT2D eigenvalue weighted by Crippen LogP contribution is 2.27. The molecule has 0 bridgehead atoms. The van der Waals surface area contributed by atoms with Crippen LogP contribution in [0, 0.1) is 13.8 Å². The third kappa shape index (κ3) is 5.35. The van der Waals surface area contributed by atoms with E-state index in [1.807, 2.05) is 60.7 Å². The molecule has 0 spiro atoms. The molecule has 2 aliphatic rings. The summed E-state index contributed by atoms with van der Waals surface area (Å²) >= 11 is 0. The van der Waals surface area contributed by atoms with Crippen LogP contribution in [0.3, 0.4) is 0 Å². The molecule has 3 aromatic carbocycles. The molecule has 1 heterocycles. The lowest BCUT2D eigenvalue weighted by molar-refractivity contribution is 0.310. The summed E-state index contributed by atoms with van der Waals surface area (Å²) in [7, 11) is 2.09. The van der Waals surface area contributed by atoms with E-state index < -0.39 is 0 Å². The molecule has 35 heavy (non-hydrogen) atoms. The zero-order valence-electron chi connectivity index (χ0n) is 20.4. The third-order valence-electron chi connectivity index (χ3n) is 6.03. The quantitative estimate of drug-likeness (QED) is 0.199. The van der Waals surface area contributed by atoms with Crippen molar-refractivity contribution in [2.75, 3.05) is 25.1 Å². The van der Waals surface area contributed by atoms with Crippen LogP contribution in [0.2, 0.25) is 0 Å². The summed E-state index contributed by atoms with van der Waals surface area (Å²) in [5, 5.41) is 0.839. The summed E-state index contributed by atoms with van der Waals surface area (Å²) in [5.41, 5.74) is 6.82. The summed E-state index contributed by atoms with van der Waals surface area (Å²) in [6, 6.07) is 28.2. The monoisotopic (exact) mass is 463 g/mol. The summed E-state index contributed by atoms with van der Waals surface area (Å²) in [4.78, 5) is 11.7. The first kappa shape index (κ1) is 22.7. The van der Waals surface area contributed by atoms with Gasteiger partial charge in [0.2, 0.25) is 0 Å². The number of benzene rings is 4. The van der Waals surface area contributed by atoms with Crippen LogP contribution >= 0.6 is 0 Å². The standard InChI is InChI=1S/C30H29N3O2/c1-21-10-15-28(22(2)18-21)34-17-7-16-33(3)25-12-14-27-30(20-25)35-29-19-24(11-13-26(29)32-27)31-23-8-5-4-6-9-23/h4-6,8-15,18-20H,7,16-17H2,1-3H3. The van der Waals surface area contributed by atoms with Crippen LogP contribution < -0.4 is 15.0 Å². The van der Waals surface area contributed by atoms with E-state index in [-0.39, 0.29) is 0 Å². The number of aryl methyl sites for hydroxylation is 2. The number of anilines is 1. The van der Waals surface area contributed by atoms with Crippen LogP contribution in [0.4, 0.5) is 11.4 Å². The maximum absolute atomic E-state index is 6.25. The van der Waals surface area contributed by atoms with Gasteiger partial charge in [-0.2, -0.15) is 0 Å². The van der Waals surface area contributed by atoms with Gasteiger partial charge in [-0.15, -0.1) is 0 Å². The Balaban J connectivity index is 1.30. The maximum atomic E-state index is 6.25. The Hall–Kier alpha value is -4.12. The maximum Gasteiger partial charge on any atom is 0.155 e. The highest BCUT2D eigenvalue weighted by molar-refractivity contribution is 5.80. The highest BCUT2D eigenvalue weighted by Gasteiger charge is 2.11. The Kier molecular flexibility index (Phi) is 6.49. The van der Waals surface area contributed by atoms with Crippen molar-refractivity contribution < 1.29 is 9.15 Å². The molecule has 0 unspecified atom stereocenters. The lowest BCUT2D eigenvalue weighted by Crippen LogP contribution is -2.20. The third-order valence-corrected chi connectivity index (χ3v) is 6.03. The van der Waals surface area contributed by atoms with Gasteiger partial charge in [0.25, 0.3) is 0 Å². The van der Waals surface area contributed by atoms with Crippen LogP contribution in [-0.2, 0) is 0 Å².